The molecular formula is C23H28N2O3. The molecule has 0 aliphatic carbocycles. The molecule has 28 heavy (non-hydrogen) atoms. The molecule has 0 aromatic heterocycles. The number of para-hydroxylation sites is 1. The second kappa shape index (κ2) is 9.93. The van der Waals surface area contributed by atoms with Gasteiger partial charge in [0.1, 0.15) is 5.75 Å². The molecule has 0 atom stereocenters. The molecule has 1 saturated heterocycles. The Morgan fingerprint density at radius 1 is 1.04 bits per heavy atom. The number of hydrogen-bond donors (Lipinski definition) is 1. The van der Waals surface area contributed by atoms with Crippen LogP contribution in [0.1, 0.15) is 42.1 Å². The number of piperidine rings is 1. The van der Waals surface area contributed by atoms with Crippen molar-refractivity contribution in [1.82, 2.24) is 10.2 Å². The van der Waals surface area contributed by atoms with E-state index in [-0.39, 0.29) is 11.8 Å². The molecule has 3 rings (SSSR count). The van der Waals surface area contributed by atoms with Gasteiger partial charge in [-0.05, 0) is 48.6 Å². The Labute approximate surface area is 166 Å². The summed E-state index contributed by atoms with van der Waals surface area (Å²) >= 11 is 0. The highest BCUT2D eigenvalue weighted by molar-refractivity contribution is 5.94. The maximum Gasteiger partial charge on any atom is 0.253 e. The third-order valence-corrected chi connectivity index (χ3v) is 5.10. The lowest BCUT2D eigenvalue weighted by Crippen LogP contribution is -2.37. The van der Waals surface area contributed by atoms with Crippen LogP contribution in [0.3, 0.4) is 0 Å². The van der Waals surface area contributed by atoms with Crippen LogP contribution < -0.4 is 10.1 Å². The molecule has 2 aromatic rings. The third kappa shape index (κ3) is 5.84. The van der Waals surface area contributed by atoms with Gasteiger partial charge in [0, 0.05) is 25.2 Å². The van der Waals surface area contributed by atoms with Crippen LogP contribution in [0, 0.1) is 5.92 Å². The lowest BCUT2D eigenvalue weighted by molar-refractivity contribution is -0.121. The van der Waals surface area contributed by atoms with Crippen LogP contribution in [0.4, 0.5) is 0 Å². The molecule has 1 aliphatic rings. The first-order chi connectivity index (χ1) is 13.6. The molecule has 0 radical (unpaired) electrons. The standard InChI is InChI=1S/C23H28N2O3/c1-18-11-14-25(15-12-18)23(27)20-9-7-19(8-10-20)17-24-22(26)13-16-28-21-5-3-2-4-6-21/h2-10,18H,11-17H2,1H3,(H,24,26). The number of amides is 2. The minimum Gasteiger partial charge on any atom is -0.493 e. The quantitative estimate of drug-likeness (QED) is 0.798. The normalized spacial score (nSPS) is 14.5. The summed E-state index contributed by atoms with van der Waals surface area (Å²) in [5, 5.41) is 2.89. The zero-order chi connectivity index (χ0) is 19.8. The van der Waals surface area contributed by atoms with Crippen molar-refractivity contribution < 1.29 is 14.3 Å². The molecule has 2 aromatic carbocycles. The van der Waals surface area contributed by atoms with E-state index in [9.17, 15) is 9.59 Å². The van der Waals surface area contributed by atoms with Gasteiger partial charge in [-0.25, -0.2) is 0 Å². The number of ether oxygens (including phenoxy) is 1. The van der Waals surface area contributed by atoms with Crippen LogP contribution in [-0.4, -0.2) is 36.4 Å². The van der Waals surface area contributed by atoms with Gasteiger partial charge in [0.15, 0.2) is 0 Å². The van der Waals surface area contributed by atoms with Gasteiger partial charge in [0.2, 0.25) is 5.91 Å². The lowest BCUT2D eigenvalue weighted by Gasteiger charge is -2.30. The fraction of sp³-hybridized carbons (Fsp3) is 0.391. The molecule has 5 heteroatoms. The van der Waals surface area contributed by atoms with Crippen molar-refractivity contribution in [3.8, 4) is 5.75 Å². The Morgan fingerprint density at radius 3 is 2.39 bits per heavy atom. The van der Waals surface area contributed by atoms with Crippen molar-refractivity contribution in [2.24, 2.45) is 5.92 Å². The van der Waals surface area contributed by atoms with E-state index in [1.807, 2.05) is 59.5 Å². The second-order valence-corrected chi connectivity index (χ2v) is 7.36. The van der Waals surface area contributed by atoms with E-state index in [1.165, 1.54) is 0 Å². The Balaban J connectivity index is 1.40. The number of carbonyl (C=O) groups is 2. The molecule has 148 valence electrons. The summed E-state index contributed by atoms with van der Waals surface area (Å²) in [5.41, 5.74) is 1.68. The first-order valence-corrected chi connectivity index (χ1v) is 9.94. The molecule has 2 amide bonds. The summed E-state index contributed by atoms with van der Waals surface area (Å²) in [5.74, 6) is 1.51. The third-order valence-electron chi connectivity index (χ3n) is 5.10. The largest absolute Gasteiger partial charge is 0.493 e. The molecule has 5 nitrogen and oxygen atoms in total. The molecule has 1 heterocycles. The number of nitrogens with zero attached hydrogens (tertiary/aromatic N) is 1. The minimum atomic E-state index is -0.0569. The summed E-state index contributed by atoms with van der Waals surface area (Å²) in [6.07, 6.45) is 2.45. The first-order valence-electron chi connectivity index (χ1n) is 9.94. The molecule has 0 unspecified atom stereocenters. The van der Waals surface area contributed by atoms with Gasteiger partial charge >= 0.3 is 0 Å². The van der Waals surface area contributed by atoms with Crippen molar-refractivity contribution in [3.05, 3.63) is 65.7 Å². The van der Waals surface area contributed by atoms with E-state index in [1.54, 1.807) is 0 Å². The predicted molar refractivity (Wildman–Crippen MR) is 109 cm³/mol. The fourth-order valence-electron chi connectivity index (χ4n) is 3.23. The van der Waals surface area contributed by atoms with Gasteiger partial charge < -0.3 is 15.0 Å². The highest BCUT2D eigenvalue weighted by Gasteiger charge is 2.21. The number of hydrogen-bond acceptors (Lipinski definition) is 3. The fourth-order valence-corrected chi connectivity index (χ4v) is 3.23. The highest BCUT2D eigenvalue weighted by Crippen LogP contribution is 2.18. The maximum absolute atomic E-state index is 12.6. The van der Waals surface area contributed by atoms with Crippen molar-refractivity contribution in [2.75, 3.05) is 19.7 Å². The average Bonchev–Trinajstić information content (AvgIpc) is 2.73. The highest BCUT2D eigenvalue weighted by atomic mass is 16.5. The van der Waals surface area contributed by atoms with E-state index >= 15 is 0 Å². The topological polar surface area (TPSA) is 58.6 Å². The lowest BCUT2D eigenvalue weighted by atomic mass is 9.98. The van der Waals surface area contributed by atoms with Crippen LogP contribution in [0.2, 0.25) is 0 Å². The molecular weight excluding hydrogens is 352 g/mol. The van der Waals surface area contributed by atoms with Gasteiger partial charge in [-0.15, -0.1) is 0 Å². The van der Waals surface area contributed by atoms with E-state index in [0.29, 0.717) is 31.1 Å². The second-order valence-electron chi connectivity index (χ2n) is 7.36. The number of benzene rings is 2. The minimum absolute atomic E-state index is 0.0569. The van der Waals surface area contributed by atoms with Crippen LogP contribution >= 0.6 is 0 Å². The Kier molecular flexibility index (Phi) is 7.06. The molecule has 0 saturated carbocycles. The van der Waals surface area contributed by atoms with Crippen molar-refractivity contribution >= 4 is 11.8 Å². The summed E-state index contributed by atoms with van der Waals surface area (Å²) < 4.78 is 5.53. The van der Waals surface area contributed by atoms with Crippen molar-refractivity contribution in [3.63, 3.8) is 0 Å². The Bertz CT molecular complexity index is 766. The predicted octanol–water partition coefficient (Wildman–Crippen LogP) is 3.64. The van der Waals surface area contributed by atoms with Crippen molar-refractivity contribution in [1.29, 1.82) is 0 Å². The summed E-state index contributed by atoms with van der Waals surface area (Å²) in [7, 11) is 0. The number of rotatable bonds is 7. The van der Waals surface area contributed by atoms with Crippen molar-refractivity contribution in [2.45, 2.75) is 32.7 Å². The van der Waals surface area contributed by atoms with E-state index < -0.39 is 0 Å². The van der Waals surface area contributed by atoms with E-state index in [2.05, 4.69) is 12.2 Å². The zero-order valence-corrected chi connectivity index (χ0v) is 16.4. The van der Waals surface area contributed by atoms with Gasteiger partial charge in [-0.3, -0.25) is 9.59 Å². The summed E-state index contributed by atoms with van der Waals surface area (Å²) in [4.78, 5) is 26.5. The average molecular weight is 380 g/mol. The molecule has 1 fully saturated rings. The maximum atomic E-state index is 12.6. The van der Waals surface area contributed by atoms with E-state index in [4.69, 9.17) is 4.74 Å². The number of carbonyl (C=O) groups excluding carboxylic acids is 2. The molecule has 0 spiro atoms. The molecule has 1 N–H and O–H groups in total. The van der Waals surface area contributed by atoms with Gasteiger partial charge in [0.05, 0.1) is 13.0 Å². The van der Waals surface area contributed by atoms with Gasteiger partial charge in [-0.2, -0.15) is 0 Å². The Morgan fingerprint density at radius 2 is 1.71 bits per heavy atom. The summed E-state index contributed by atoms with van der Waals surface area (Å²) in [6, 6.07) is 17.0. The smallest absolute Gasteiger partial charge is 0.253 e. The summed E-state index contributed by atoms with van der Waals surface area (Å²) in [6.45, 7) is 4.70. The van der Waals surface area contributed by atoms with Gasteiger partial charge in [-0.1, -0.05) is 37.3 Å². The van der Waals surface area contributed by atoms with E-state index in [0.717, 1.165) is 37.2 Å². The zero-order valence-electron chi connectivity index (χ0n) is 16.4. The van der Waals surface area contributed by atoms with Crippen LogP contribution in [-0.2, 0) is 11.3 Å². The molecule has 0 bridgehead atoms. The molecule has 1 aliphatic heterocycles. The monoisotopic (exact) mass is 380 g/mol. The first kappa shape index (κ1) is 19.9. The Hall–Kier alpha value is -2.82. The number of likely N-dealkylation sites (tertiary alicyclic amines) is 1. The van der Waals surface area contributed by atoms with Crippen LogP contribution in [0.25, 0.3) is 0 Å². The number of nitrogens with one attached hydrogen (secondary N) is 1. The SMILES string of the molecule is CC1CCN(C(=O)c2ccc(CNC(=O)CCOc3ccccc3)cc2)CC1. The van der Waals surface area contributed by atoms with Crippen LogP contribution in [0.5, 0.6) is 5.75 Å². The van der Waals surface area contributed by atoms with Gasteiger partial charge in [0.25, 0.3) is 5.91 Å². The van der Waals surface area contributed by atoms with Crippen LogP contribution in [0.15, 0.2) is 54.6 Å².